The van der Waals surface area contributed by atoms with Gasteiger partial charge in [0.2, 0.25) is 11.8 Å². The molecular weight excluding hydrogens is 378 g/mol. The SMILES string of the molecule is CC(=O)N(c1cccc2c(=O)n(C(C)C(N)=O)ccc12)C1C2CC3CC(C2)CC1C3. The molecule has 6 heteroatoms. The molecule has 0 saturated heterocycles. The number of carbonyl (C=O) groups is 2. The zero-order chi connectivity index (χ0) is 21.2. The van der Waals surface area contributed by atoms with Crippen LogP contribution in [0, 0.1) is 23.7 Å². The summed E-state index contributed by atoms with van der Waals surface area (Å²) in [5.74, 6) is 2.24. The van der Waals surface area contributed by atoms with Crippen LogP contribution in [0.5, 0.6) is 0 Å². The molecule has 1 unspecified atom stereocenters. The van der Waals surface area contributed by atoms with Crippen molar-refractivity contribution in [3.63, 3.8) is 0 Å². The highest BCUT2D eigenvalue weighted by molar-refractivity contribution is 6.03. The quantitative estimate of drug-likeness (QED) is 0.844. The van der Waals surface area contributed by atoms with Crippen LogP contribution in [0.25, 0.3) is 10.8 Å². The minimum atomic E-state index is -0.723. The normalized spacial score (nSPS) is 30.4. The summed E-state index contributed by atoms with van der Waals surface area (Å²) in [5.41, 5.74) is 5.97. The first-order chi connectivity index (χ1) is 14.3. The van der Waals surface area contributed by atoms with Crippen molar-refractivity contribution in [2.24, 2.45) is 29.4 Å². The van der Waals surface area contributed by atoms with Gasteiger partial charge in [0.1, 0.15) is 6.04 Å². The lowest BCUT2D eigenvalue weighted by atomic mass is 9.53. The number of benzene rings is 1. The molecule has 6 nitrogen and oxygen atoms in total. The van der Waals surface area contributed by atoms with Crippen molar-refractivity contribution < 1.29 is 9.59 Å². The minimum Gasteiger partial charge on any atom is -0.368 e. The number of pyridine rings is 1. The van der Waals surface area contributed by atoms with E-state index in [4.69, 9.17) is 5.73 Å². The molecule has 30 heavy (non-hydrogen) atoms. The second kappa shape index (κ2) is 6.96. The predicted molar refractivity (Wildman–Crippen MR) is 116 cm³/mol. The van der Waals surface area contributed by atoms with Crippen molar-refractivity contribution in [2.45, 2.75) is 58.0 Å². The van der Waals surface area contributed by atoms with Crippen LogP contribution in [0.15, 0.2) is 35.3 Å². The Labute approximate surface area is 176 Å². The summed E-state index contributed by atoms with van der Waals surface area (Å²) in [5, 5.41) is 1.28. The summed E-state index contributed by atoms with van der Waals surface area (Å²) in [6.07, 6.45) is 7.86. The Morgan fingerprint density at radius 3 is 2.23 bits per heavy atom. The van der Waals surface area contributed by atoms with Crippen LogP contribution in [0.1, 0.15) is 52.0 Å². The summed E-state index contributed by atoms with van der Waals surface area (Å²) in [6.45, 7) is 3.26. The highest BCUT2D eigenvalue weighted by Crippen LogP contribution is 2.55. The number of primary amides is 1. The van der Waals surface area contributed by atoms with Gasteiger partial charge in [0.25, 0.3) is 5.56 Å². The number of nitrogens with two attached hydrogens (primary N) is 1. The number of anilines is 1. The molecule has 4 aliphatic rings. The molecular formula is C24H29N3O3. The van der Waals surface area contributed by atoms with Crippen LogP contribution in [0.3, 0.4) is 0 Å². The Morgan fingerprint density at radius 1 is 1.03 bits per heavy atom. The van der Waals surface area contributed by atoms with Gasteiger partial charge >= 0.3 is 0 Å². The standard InChI is InChI=1S/C24H29N3O3/c1-13(23(25)29)26-7-6-19-20(24(26)30)4-3-5-21(19)27(14(2)28)22-17-9-15-8-16(11-17)12-18(22)10-15/h3-7,13,15-18,22H,8-12H2,1-2H3,(H2,25,29). The average molecular weight is 408 g/mol. The van der Waals surface area contributed by atoms with Gasteiger partial charge < -0.3 is 15.2 Å². The van der Waals surface area contributed by atoms with E-state index in [2.05, 4.69) is 0 Å². The van der Waals surface area contributed by atoms with Crippen LogP contribution < -0.4 is 16.2 Å². The van der Waals surface area contributed by atoms with Crippen LogP contribution in [0.2, 0.25) is 0 Å². The zero-order valence-electron chi connectivity index (χ0n) is 17.6. The molecule has 1 heterocycles. The monoisotopic (exact) mass is 407 g/mol. The van der Waals surface area contributed by atoms with Gasteiger partial charge in [-0.15, -0.1) is 0 Å². The lowest BCUT2D eigenvalue weighted by molar-refractivity contribution is -0.121. The second-order valence-corrected chi connectivity index (χ2v) is 9.66. The first-order valence-electron chi connectivity index (χ1n) is 11.1. The number of hydrogen-bond acceptors (Lipinski definition) is 3. The first kappa shape index (κ1) is 19.3. The van der Waals surface area contributed by atoms with E-state index in [9.17, 15) is 14.4 Å². The van der Waals surface area contributed by atoms with E-state index in [-0.39, 0.29) is 17.5 Å². The van der Waals surface area contributed by atoms with Crippen LogP contribution in [-0.2, 0) is 9.59 Å². The topological polar surface area (TPSA) is 85.4 Å². The molecule has 4 fully saturated rings. The van der Waals surface area contributed by atoms with Gasteiger partial charge in [0.05, 0.1) is 5.69 Å². The Kier molecular flexibility index (Phi) is 4.49. The largest absolute Gasteiger partial charge is 0.368 e. The van der Waals surface area contributed by atoms with Crippen LogP contribution >= 0.6 is 0 Å². The van der Waals surface area contributed by atoms with Crippen LogP contribution in [0.4, 0.5) is 5.69 Å². The molecule has 0 radical (unpaired) electrons. The van der Waals surface area contributed by atoms with E-state index in [0.29, 0.717) is 17.2 Å². The van der Waals surface area contributed by atoms with E-state index >= 15 is 0 Å². The maximum Gasteiger partial charge on any atom is 0.259 e. The number of carbonyl (C=O) groups excluding carboxylic acids is 2. The lowest BCUT2D eigenvalue weighted by Gasteiger charge is -2.57. The summed E-state index contributed by atoms with van der Waals surface area (Å²) in [7, 11) is 0. The lowest BCUT2D eigenvalue weighted by Crippen LogP contribution is -2.57. The maximum atomic E-state index is 13.1. The van der Waals surface area contributed by atoms with Gasteiger partial charge in [0.15, 0.2) is 0 Å². The van der Waals surface area contributed by atoms with E-state index in [1.165, 1.54) is 36.7 Å². The van der Waals surface area contributed by atoms with Crippen molar-refractivity contribution in [3.05, 3.63) is 40.8 Å². The highest BCUT2D eigenvalue weighted by Gasteiger charge is 2.51. The third kappa shape index (κ3) is 2.88. The molecule has 158 valence electrons. The van der Waals surface area contributed by atoms with Gasteiger partial charge in [-0.3, -0.25) is 14.4 Å². The Morgan fingerprint density at radius 2 is 1.67 bits per heavy atom. The minimum absolute atomic E-state index is 0.0367. The molecule has 4 saturated carbocycles. The van der Waals surface area contributed by atoms with E-state index in [1.807, 2.05) is 23.1 Å². The summed E-state index contributed by atoms with van der Waals surface area (Å²) in [4.78, 5) is 39.6. The Hall–Kier alpha value is -2.63. The fourth-order valence-corrected chi connectivity index (χ4v) is 6.79. The molecule has 0 spiro atoms. The van der Waals surface area contributed by atoms with E-state index < -0.39 is 11.9 Å². The van der Waals surface area contributed by atoms with Gasteiger partial charge in [-0.05, 0) is 80.9 Å². The predicted octanol–water partition coefficient (Wildman–Crippen LogP) is 3.23. The molecule has 1 aromatic carbocycles. The molecule has 1 atom stereocenters. The van der Waals surface area contributed by atoms with Gasteiger partial charge in [-0.1, -0.05) is 6.07 Å². The molecule has 0 aliphatic heterocycles. The molecule has 1 aromatic heterocycles. The molecule has 2 amide bonds. The number of aromatic nitrogens is 1. The van der Waals surface area contributed by atoms with Crippen molar-refractivity contribution >= 4 is 28.3 Å². The second-order valence-electron chi connectivity index (χ2n) is 9.66. The fourth-order valence-electron chi connectivity index (χ4n) is 6.79. The van der Waals surface area contributed by atoms with Crippen molar-refractivity contribution in [2.75, 3.05) is 4.90 Å². The average Bonchev–Trinajstić information content (AvgIpc) is 2.69. The molecule has 6 rings (SSSR count). The number of amides is 2. The maximum absolute atomic E-state index is 13.1. The summed E-state index contributed by atoms with van der Waals surface area (Å²) >= 11 is 0. The third-order valence-electron chi connectivity index (χ3n) is 7.85. The van der Waals surface area contributed by atoms with Crippen molar-refractivity contribution in [1.29, 1.82) is 0 Å². The van der Waals surface area contributed by atoms with Gasteiger partial charge in [-0.25, -0.2) is 0 Å². The third-order valence-corrected chi connectivity index (χ3v) is 7.85. The highest BCUT2D eigenvalue weighted by atomic mass is 16.2. The number of fused-ring (bicyclic) bond motifs is 1. The summed E-state index contributed by atoms with van der Waals surface area (Å²) in [6, 6.07) is 6.89. The van der Waals surface area contributed by atoms with Crippen molar-refractivity contribution in [1.82, 2.24) is 4.57 Å². The number of nitrogens with zero attached hydrogens (tertiary/aromatic N) is 2. The van der Waals surface area contributed by atoms with E-state index in [1.54, 1.807) is 26.1 Å². The Balaban J connectivity index is 1.62. The van der Waals surface area contributed by atoms with Crippen LogP contribution in [-0.4, -0.2) is 22.4 Å². The smallest absolute Gasteiger partial charge is 0.259 e. The molecule has 4 aliphatic carbocycles. The summed E-state index contributed by atoms with van der Waals surface area (Å²) < 4.78 is 1.37. The van der Waals surface area contributed by atoms with Crippen molar-refractivity contribution in [3.8, 4) is 0 Å². The fraction of sp³-hybridized carbons (Fsp3) is 0.542. The molecule has 2 aromatic rings. The molecule has 4 bridgehead atoms. The van der Waals surface area contributed by atoms with E-state index in [0.717, 1.165) is 22.9 Å². The number of rotatable bonds is 4. The zero-order valence-corrected chi connectivity index (χ0v) is 17.6. The Bertz CT molecular complexity index is 1060. The van der Waals surface area contributed by atoms with Gasteiger partial charge in [0, 0.05) is 29.9 Å². The first-order valence-corrected chi connectivity index (χ1v) is 11.1. The molecule has 2 N–H and O–H groups in total. The van der Waals surface area contributed by atoms with Gasteiger partial charge in [-0.2, -0.15) is 0 Å². The number of hydrogen-bond donors (Lipinski definition) is 1.